The number of rotatable bonds is 6. The molecule has 0 radical (unpaired) electrons. The van der Waals surface area contributed by atoms with E-state index >= 15 is 0 Å². The fourth-order valence-corrected chi connectivity index (χ4v) is 3.54. The van der Waals surface area contributed by atoms with Gasteiger partial charge in [-0.05, 0) is 19.1 Å². The number of nitrogens with zero attached hydrogens (tertiary/aromatic N) is 1. The number of carboxylic acids is 1. The van der Waals surface area contributed by atoms with E-state index in [1.54, 1.807) is 13.0 Å². The van der Waals surface area contributed by atoms with Gasteiger partial charge in [-0.1, -0.05) is 6.92 Å². The summed E-state index contributed by atoms with van der Waals surface area (Å²) >= 11 is 0. The van der Waals surface area contributed by atoms with Gasteiger partial charge in [0.2, 0.25) is 5.09 Å². The Morgan fingerprint density at radius 2 is 2.10 bits per heavy atom. The Kier molecular flexibility index (Phi) is 3.90. The molecule has 1 aliphatic heterocycles. The first-order valence-corrected chi connectivity index (χ1v) is 7.76. The molecule has 112 valence electrons. The topological polar surface area (TPSA) is 97.0 Å². The predicted molar refractivity (Wildman–Crippen MR) is 68.8 cm³/mol. The first kappa shape index (κ1) is 15.0. The van der Waals surface area contributed by atoms with E-state index in [4.69, 9.17) is 14.3 Å². The molecule has 2 rings (SSSR count). The highest BCUT2D eigenvalue weighted by Crippen LogP contribution is 2.32. The van der Waals surface area contributed by atoms with Crippen molar-refractivity contribution < 1.29 is 27.5 Å². The molecule has 2 heterocycles. The van der Waals surface area contributed by atoms with Crippen molar-refractivity contribution >= 4 is 16.0 Å². The van der Waals surface area contributed by atoms with Crippen molar-refractivity contribution in [3.63, 3.8) is 0 Å². The highest BCUT2D eigenvalue weighted by atomic mass is 32.2. The standard InChI is InChI=1S/C12H17NO6S/c1-3-9-5-6-10(19-9)20(16,17)13-7-12(8-13,11(14)15)18-4-2/h5-6H,3-4,7-8H2,1-2H3,(H,14,15). The molecule has 0 aromatic carbocycles. The second-order valence-corrected chi connectivity index (χ2v) is 6.45. The summed E-state index contributed by atoms with van der Waals surface area (Å²) in [5, 5.41) is 8.98. The van der Waals surface area contributed by atoms with E-state index in [1.807, 2.05) is 6.92 Å². The Morgan fingerprint density at radius 3 is 2.55 bits per heavy atom. The summed E-state index contributed by atoms with van der Waals surface area (Å²) in [6.07, 6.45) is 0.591. The van der Waals surface area contributed by atoms with Crippen LogP contribution in [0, 0.1) is 0 Å². The number of hydrogen-bond acceptors (Lipinski definition) is 5. The van der Waals surface area contributed by atoms with Crippen LogP contribution < -0.4 is 0 Å². The monoisotopic (exact) mass is 303 g/mol. The van der Waals surface area contributed by atoms with Gasteiger partial charge in [-0.25, -0.2) is 13.2 Å². The molecule has 1 aliphatic rings. The minimum atomic E-state index is -3.79. The number of ether oxygens (including phenoxy) is 1. The molecule has 0 aliphatic carbocycles. The Labute approximate surface area is 117 Å². The molecule has 1 aromatic heterocycles. The average Bonchev–Trinajstić information content (AvgIpc) is 2.81. The number of hydrogen-bond donors (Lipinski definition) is 1. The number of aryl methyl sites for hydroxylation is 1. The molecule has 0 amide bonds. The van der Waals surface area contributed by atoms with E-state index in [1.165, 1.54) is 6.07 Å². The Hall–Kier alpha value is -1.38. The molecule has 1 saturated heterocycles. The highest BCUT2D eigenvalue weighted by molar-refractivity contribution is 7.89. The lowest BCUT2D eigenvalue weighted by Gasteiger charge is -2.44. The largest absolute Gasteiger partial charge is 0.479 e. The average molecular weight is 303 g/mol. The van der Waals surface area contributed by atoms with Crippen LogP contribution in [0.1, 0.15) is 19.6 Å². The second-order valence-electron chi connectivity index (χ2n) is 4.58. The van der Waals surface area contributed by atoms with E-state index in [2.05, 4.69) is 0 Å². The smallest absolute Gasteiger partial charge is 0.338 e. The number of sulfonamides is 1. The zero-order valence-electron chi connectivity index (χ0n) is 11.3. The maximum Gasteiger partial charge on any atom is 0.338 e. The second kappa shape index (κ2) is 5.19. The molecule has 0 saturated carbocycles. The van der Waals surface area contributed by atoms with Gasteiger partial charge in [0.05, 0.1) is 13.1 Å². The van der Waals surface area contributed by atoms with E-state index in [9.17, 15) is 13.2 Å². The Balaban J connectivity index is 2.16. The molecule has 0 unspecified atom stereocenters. The maximum absolute atomic E-state index is 12.2. The number of carboxylic acid groups (broad SMARTS) is 1. The summed E-state index contributed by atoms with van der Waals surface area (Å²) in [5.74, 6) is -0.585. The minimum Gasteiger partial charge on any atom is -0.479 e. The molecular weight excluding hydrogens is 286 g/mol. The van der Waals surface area contributed by atoms with Crippen LogP contribution in [0.2, 0.25) is 0 Å². The van der Waals surface area contributed by atoms with Crippen molar-refractivity contribution in [2.24, 2.45) is 0 Å². The van der Waals surface area contributed by atoms with Crippen molar-refractivity contribution in [1.29, 1.82) is 0 Å². The Bertz CT molecular complexity index is 599. The van der Waals surface area contributed by atoms with Crippen LogP contribution in [-0.4, -0.2) is 49.1 Å². The van der Waals surface area contributed by atoms with Crippen LogP contribution in [0.25, 0.3) is 0 Å². The molecule has 1 aromatic rings. The molecule has 0 bridgehead atoms. The summed E-state index contributed by atoms with van der Waals surface area (Å²) in [4.78, 5) is 11.2. The third-order valence-electron chi connectivity index (χ3n) is 3.25. The molecule has 8 heteroatoms. The van der Waals surface area contributed by atoms with Crippen molar-refractivity contribution in [2.75, 3.05) is 19.7 Å². The first-order chi connectivity index (χ1) is 9.35. The van der Waals surface area contributed by atoms with E-state index < -0.39 is 21.6 Å². The fraction of sp³-hybridized carbons (Fsp3) is 0.583. The van der Waals surface area contributed by atoms with Crippen molar-refractivity contribution in [1.82, 2.24) is 4.31 Å². The van der Waals surface area contributed by atoms with Crippen LogP contribution in [0.3, 0.4) is 0 Å². The van der Waals surface area contributed by atoms with Gasteiger partial charge in [0, 0.05) is 13.0 Å². The normalized spacial score (nSPS) is 18.7. The third kappa shape index (κ3) is 2.34. The molecule has 0 atom stereocenters. The lowest BCUT2D eigenvalue weighted by atomic mass is 9.97. The maximum atomic E-state index is 12.2. The van der Waals surface area contributed by atoms with Crippen molar-refractivity contribution in [3.05, 3.63) is 17.9 Å². The SMILES string of the molecule is CCOC1(C(=O)O)CN(S(=O)(=O)c2ccc(CC)o2)C1. The molecular formula is C12H17NO6S. The van der Waals surface area contributed by atoms with Crippen molar-refractivity contribution in [2.45, 2.75) is 31.0 Å². The zero-order valence-corrected chi connectivity index (χ0v) is 12.1. The third-order valence-corrected chi connectivity index (χ3v) is 4.92. The van der Waals surface area contributed by atoms with E-state index in [0.717, 1.165) is 4.31 Å². The van der Waals surface area contributed by atoms with Gasteiger partial charge in [0.15, 0.2) is 5.60 Å². The van der Waals surface area contributed by atoms with Gasteiger partial charge in [0.1, 0.15) is 5.76 Å². The van der Waals surface area contributed by atoms with Crippen LogP contribution in [0.15, 0.2) is 21.6 Å². The number of furan rings is 1. The van der Waals surface area contributed by atoms with Gasteiger partial charge in [-0.3, -0.25) is 0 Å². The Morgan fingerprint density at radius 1 is 1.45 bits per heavy atom. The molecule has 20 heavy (non-hydrogen) atoms. The zero-order chi connectivity index (χ0) is 15.0. The highest BCUT2D eigenvalue weighted by Gasteiger charge is 2.55. The number of aliphatic carboxylic acids is 1. The van der Waals surface area contributed by atoms with Gasteiger partial charge >= 0.3 is 5.97 Å². The number of carbonyl (C=O) groups is 1. The summed E-state index contributed by atoms with van der Waals surface area (Å²) in [7, 11) is -3.79. The molecule has 7 nitrogen and oxygen atoms in total. The van der Waals surface area contributed by atoms with E-state index in [0.29, 0.717) is 12.2 Å². The van der Waals surface area contributed by atoms with Gasteiger partial charge in [-0.15, -0.1) is 0 Å². The molecule has 1 N–H and O–H groups in total. The van der Waals surface area contributed by atoms with Gasteiger partial charge in [-0.2, -0.15) is 4.31 Å². The van der Waals surface area contributed by atoms with Crippen LogP contribution >= 0.6 is 0 Å². The van der Waals surface area contributed by atoms with Gasteiger partial charge < -0.3 is 14.3 Å². The van der Waals surface area contributed by atoms with Crippen LogP contribution in [0.4, 0.5) is 0 Å². The summed E-state index contributed by atoms with van der Waals surface area (Å²) in [6.45, 7) is 3.31. The molecule has 0 spiro atoms. The van der Waals surface area contributed by atoms with E-state index in [-0.39, 0.29) is 24.8 Å². The summed E-state index contributed by atoms with van der Waals surface area (Å²) in [6, 6.07) is 2.98. The quantitative estimate of drug-likeness (QED) is 0.831. The van der Waals surface area contributed by atoms with Gasteiger partial charge in [0.25, 0.3) is 10.0 Å². The fourth-order valence-electron chi connectivity index (χ4n) is 2.07. The first-order valence-electron chi connectivity index (χ1n) is 6.32. The summed E-state index contributed by atoms with van der Waals surface area (Å²) in [5.41, 5.74) is -1.44. The summed E-state index contributed by atoms with van der Waals surface area (Å²) < 4.78 is 35.9. The van der Waals surface area contributed by atoms with Crippen molar-refractivity contribution in [3.8, 4) is 0 Å². The lowest BCUT2D eigenvalue weighted by molar-refractivity contribution is -0.181. The minimum absolute atomic E-state index is 0.162. The van der Waals surface area contributed by atoms with Crippen LogP contribution in [0.5, 0.6) is 0 Å². The lowest BCUT2D eigenvalue weighted by Crippen LogP contribution is -2.68. The predicted octanol–water partition coefficient (Wildman–Crippen LogP) is 0.706. The van der Waals surface area contributed by atoms with Crippen LogP contribution in [-0.2, 0) is 26.0 Å². The molecule has 1 fully saturated rings.